The van der Waals surface area contributed by atoms with Gasteiger partial charge in [0, 0.05) is 13.1 Å². The quantitative estimate of drug-likeness (QED) is 0.777. The van der Waals surface area contributed by atoms with Gasteiger partial charge in [-0.2, -0.15) is 0 Å². The van der Waals surface area contributed by atoms with Crippen molar-refractivity contribution in [3.63, 3.8) is 0 Å². The summed E-state index contributed by atoms with van der Waals surface area (Å²) in [6.07, 6.45) is 3.18. The van der Waals surface area contributed by atoms with Crippen molar-refractivity contribution in [2.75, 3.05) is 13.1 Å². The Morgan fingerprint density at radius 3 is 2.75 bits per heavy atom. The van der Waals surface area contributed by atoms with E-state index in [1.165, 1.54) is 18.6 Å². The van der Waals surface area contributed by atoms with Crippen LogP contribution in [0.1, 0.15) is 44.3 Å². The van der Waals surface area contributed by atoms with Gasteiger partial charge in [0.1, 0.15) is 5.82 Å². The molecular formula is C16H24FNO2. The zero-order valence-corrected chi connectivity index (χ0v) is 12.0. The van der Waals surface area contributed by atoms with E-state index in [0.29, 0.717) is 24.6 Å². The summed E-state index contributed by atoms with van der Waals surface area (Å²) < 4.78 is 12.8. The summed E-state index contributed by atoms with van der Waals surface area (Å²) in [5.41, 5.74) is 0.0306. The highest BCUT2D eigenvalue weighted by molar-refractivity contribution is 5.18. The predicted molar refractivity (Wildman–Crippen MR) is 76.8 cm³/mol. The highest BCUT2D eigenvalue weighted by Crippen LogP contribution is 2.31. The fourth-order valence-corrected chi connectivity index (χ4v) is 3.04. The Labute approximate surface area is 119 Å². The van der Waals surface area contributed by atoms with Gasteiger partial charge in [-0.25, -0.2) is 4.39 Å². The zero-order chi connectivity index (χ0) is 14.6. The van der Waals surface area contributed by atoms with E-state index in [9.17, 15) is 14.6 Å². The average Bonchev–Trinajstić information content (AvgIpc) is 2.38. The number of halogens is 1. The van der Waals surface area contributed by atoms with Gasteiger partial charge < -0.3 is 15.5 Å². The Kier molecular flexibility index (Phi) is 5.13. The van der Waals surface area contributed by atoms with Crippen LogP contribution in [0.25, 0.3) is 0 Å². The minimum atomic E-state index is -0.680. The lowest BCUT2D eigenvalue weighted by atomic mass is 9.79. The van der Waals surface area contributed by atoms with Crippen molar-refractivity contribution >= 4 is 0 Å². The van der Waals surface area contributed by atoms with E-state index in [-0.39, 0.29) is 5.82 Å². The Balaban J connectivity index is 1.79. The number of hydrogen-bond donors (Lipinski definition) is 3. The van der Waals surface area contributed by atoms with E-state index in [4.69, 9.17) is 0 Å². The van der Waals surface area contributed by atoms with E-state index >= 15 is 0 Å². The molecular weight excluding hydrogens is 257 g/mol. The highest BCUT2D eigenvalue weighted by Gasteiger charge is 2.32. The molecule has 1 saturated carbocycles. The largest absolute Gasteiger partial charge is 0.389 e. The molecule has 1 aliphatic carbocycles. The molecule has 3 N–H and O–H groups in total. The molecule has 1 aromatic rings. The maximum Gasteiger partial charge on any atom is 0.123 e. The molecule has 0 heterocycles. The number of aliphatic hydroxyl groups excluding tert-OH is 1. The first-order valence-electron chi connectivity index (χ1n) is 7.35. The third-order valence-corrected chi connectivity index (χ3v) is 4.11. The summed E-state index contributed by atoms with van der Waals surface area (Å²) >= 11 is 0. The van der Waals surface area contributed by atoms with Crippen LogP contribution in [0.3, 0.4) is 0 Å². The van der Waals surface area contributed by atoms with Crippen molar-refractivity contribution in [1.82, 2.24) is 5.32 Å². The molecule has 4 heteroatoms. The van der Waals surface area contributed by atoms with Crippen molar-refractivity contribution in [2.24, 2.45) is 5.92 Å². The maximum atomic E-state index is 12.8. The molecule has 1 fully saturated rings. The summed E-state index contributed by atoms with van der Waals surface area (Å²) in [5, 5.41) is 23.6. The van der Waals surface area contributed by atoms with Gasteiger partial charge in [-0.1, -0.05) is 31.9 Å². The SMILES string of the molecule is CC1CCCC(O)(CNCC(O)c2ccc(F)cc2)C1. The molecule has 1 aromatic carbocycles. The van der Waals surface area contributed by atoms with Crippen molar-refractivity contribution < 1.29 is 14.6 Å². The normalized spacial score (nSPS) is 28.3. The van der Waals surface area contributed by atoms with Crippen molar-refractivity contribution in [1.29, 1.82) is 0 Å². The molecule has 0 amide bonds. The summed E-state index contributed by atoms with van der Waals surface area (Å²) in [4.78, 5) is 0. The van der Waals surface area contributed by atoms with Gasteiger partial charge in [-0.3, -0.25) is 0 Å². The minimum Gasteiger partial charge on any atom is -0.389 e. The van der Waals surface area contributed by atoms with Crippen molar-refractivity contribution in [3.8, 4) is 0 Å². The molecule has 3 unspecified atom stereocenters. The van der Waals surface area contributed by atoms with Crippen LogP contribution in [0.5, 0.6) is 0 Å². The number of aliphatic hydroxyl groups is 2. The summed E-state index contributed by atoms with van der Waals surface area (Å²) in [7, 11) is 0. The average molecular weight is 281 g/mol. The third kappa shape index (κ3) is 4.27. The molecule has 2 rings (SSSR count). The first-order valence-corrected chi connectivity index (χ1v) is 7.35. The van der Waals surface area contributed by atoms with Gasteiger partial charge in [0.2, 0.25) is 0 Å². The Morgan fingerprint density at radius 1 is 1.40 bits per heavy atom. The van der Waals surface area contributed by atoms with Crippen LogP contribution in [0, 0.1) is 11.7 Å². The smallest absolute Gasteiger partial charge is 0.123 e. The Bertz CT molecular complexity index is 423. The second-order valence-electron chi connectivity index (χ2n) is 6.12. The Hall–Kier alpha value is -0.970. The van der Waals surface area contributed by atoms with Crippen LogP contribution < -0.4 is 5.32 Å². The Morgan fingerprint density at radius 2 is 2.10 bits per heavy atom. The molecule has 0 bridgehead atoms. The molecule has 1 aliphatic rings. The summed E-state index contributed by atoms with van der Waals surface area (Å²) in [5.74, 6) is 0.247. The van der Waals surface area contributed by atoms with Crippen molar-refractivity contribution in [2.45, 2.75) is 44.3 Å². The molecule has 3 atom stereocenters. The van der Waals surface area contributed by atoms with Gasteiger partial charge >= 0.3 is 0 Å². The fourth-order valence-electron chi connectivity index (χ4n) is 3.04. The third-order valence-electron chi connectivity index (χ3n) is 4.11. The molecule has 112 valence electrons. The number of benzene rings is 1. The second-order valence-corrected chi connectivity index (χ2v) is 6.12. The summed E-state index contributed by atoms with van der Waals surface area (Å²) in [6, 6.07) is 5.85. The lowest BCUT2D eigenvalue weighted by Gasteiger charge is -2.36. The van der Waals surface area contributed by atoms with Gasteiger partial charge in [-0.05, 0) is 36.5 Å². The number of nitrogens with one attached hydrogen (secondary N) is 1. The van der Waals surface area contributed by atoms with Gasteiger partial charge in [-0.15, -0.1) is 0 Å². The van der Waals surface area contributed by atoms with Crippen molar-refractivity contribution in [3.05, 3.63) is 35.6 Å². The fraction of sp³-hybridized carbons (Fsp3) is 0.625. The van der Waals surface area contributed by atoms with E-state index in [1.54, 1.807) is 12.1 Å². The van der Waals surface area contributed by atoms with Crippen LogP contribution in [-0.2, 0) is 0 Å². The first kappa shape index (κ1) is 15.4. The number of rotatable bonds is 5. The molecule has 0 aliphatic heterocycles. The number of hydrogen-bond acceptors (Lipinski definition) is 3. The van der Waals surface area contributed by atoms with Gasteiger partial charge in [0.05, 0.1) is 11.7 Å². The van der Waals surface area contributed by atoms with Gasteiger partial charge in [0.15, 0.2) is 0 Å². The monoisotopic (exact) mass is 281 g/mol. The van der Waals surface area contributed by atoms with Crippen LogP contribution in [0.15, 0.2) is 24.3 Å². The van der Waals surface area contributed by atoms with Crippen LogP contribution in [0.2, 0.25) is 0 Å². The highest BCUT2D eigenvalue weighted by atomic mass is 19.1. The zero-order valence-electron chi connectivity index (χ0n) is 12.0. The van der Waals surface area contributed by atoms with Crippen LogP contribution in [-0.4, -0.2) is 28.9 Å². The maximum absolute atomic E-state index is 12.8. The standard InChI is InChI=1S/C16H24FNO2/c1-12-3-2-8-16(20,9-12)11-18-10-15(19)13-4-6-14(17)7-5-13/h4-7,12,15,18-20H,2-3,8-11H2,1H3. The van der Waals surface area contributed by atoms with E-state index in [0.717, 1.165) is 19.3 Å². The van der Waals surface area contributed by atoms with E-state index in [1.807, 2.05) is 0 Å². The first-order chi connectivity index (χ1) is 9.48. The van der Waals surface area contributed by atoms with E-state index < -0.39 is 11.7 Å². The minimum absolute atomic E-state index is 0.306. The van der Waals surface area contributed by atoms with Crippen LogP contribution in [0.4, 0.5) is 4.39 Å². The second kappa shape index (κ2) is 6.66. The molecule has 20 heavy (non-hydrogen) atoms. The molecule has 3 nitrogen and oxygen atoms in total. The van der Waals surface area contributed by atoms with Crippen LogP contribution >= 0.6 is 0 Å². The van der Waals surface area contributed by atoms with Gasteiger partial charge in [0.25, 0.3) is 0 Å². The molecule has 0 spiro atoms. The topological polar surface area (TPSA) is 52.5 Å². The summed E-state index contributed by atoms with van der Waals surface area (Å²) in [6.45, 7) is 3.02. The lowest BCUT2D eigenvalue weighted by molar-refractivity contribution is -0.0135. The lowest BCUT2D eigenvalue weighted by Crippen LogP contribution is -2.44. The molecule has 0 radical (unpaired) electrons. The molecule has 0 saturated heterocycles. The molecule has 0 aromatic heterocycles. The predicted octanol–water partition coefficient (Wildman–Crippen LogP) is 2.39. The van der Waals surface area contributed by atoms with E-state index in [2.05, 4.69) is 12.2 Å².